The lowest BCUT2D eigenvalue weighted by Gasteiger charge is -2.21. The summed E-state index contributed by atoms with van der Waals surface area (Å²) in [6, 6.07) is 23.7. The molecule has 1 amide bonds. The maximum absolute atomic E-state index is 13.1. The summed E-state index contributed by atoms with van der Waals surface area (Å²) in [5, 5.41) is 2.90. The molecule has 34 heavy (non-hydrogen) atoms. The van der Waals surface area contributed by atoms with Gasteiger partial charge in [0.25, 0.3) is 5.91 Å². The average Bonchev–Trinajstić information content (AvgIpc) is 3.32. The van der Waals surface area contributed by atoms with Crippen LogP contribution in [0.1, 0.15) is 40.2 Å². The van der Waals surface area contributed by atoms with Crippen LogP contribution in [0, 0.1) is 0 Å². The van der Waals surface area contributed by atoms with Crippen molar-refractivity contribution in [1.29, 1.82) is 0 Å². The average molecular weight is 452 g/mol. The third-order valence-corrected chi connectivity index (χ3v) is 5.83. The first-order valence-corrected chi connectivity index (χ1v) is 11.3. The van der Waals surface area contributed by atoms with Crippen LogP contribution in [-0.2, 0) is 13.0 Å². The van der Waals surface area contributed by atoms with Crippen LogP contribution in [0.15, 0.2) is 85.2 Å². The van der Waals surface area contributed by atoms with Crippen molar-refractivity contribution in [2.45, 2.75) is 26.0 Å². The summed E-state index contributed by atoms with van der Waals surface area (Å²) < 4.78 is 6.24. The normalized spacial score (nSPS) is 13.3. The molecule has 0 saturated heterocycles. The van der Waals surface area contributed by atoms with Crippen LogP contribution in [-0.4, -0.2) is 27.4 Å². The number of ether oxygens (including phenoxy) is 1. The van der Waals surface area contributed by atoms with E-state index < -0.39 is 0 Å². The lowest BCUT2D eigenvalue weighted by molar-refractivity contribution is 0.0941. The van der Waals surface area contributed by atoms with Crippen LogP contribution in [0.5, 0.6) is 5.88 Å². The van der Waals surface area contributed by atoms with Crippen molar-refractivity contribution in [2.24, 2.45) is 0 Å². The summed E-state index contributed by atoms with van der Waals surface area (Å²) in [7, 11) is 0. The fourth-order valence-electron chi connectivity index (χ4n) is 4.01. The highest BCUT2D eigenvalue weighted by Gasteiger charge is 2.25. The number of hydrogen-bond donors (Lipinski definition) is 1. The number of nitrogens with zero attached hydrogens (tertiary/aromatic N) is 4. The highest BCUT2D eigenvalue weighted by molar-refractivity contribution is 5.96. The van der Waals surface area contributed by atoms with Crippen molar-refractivity contribution >= 4 is 17.5 Å². The van der Waals surface area contributed by atoms with E-state index in [0.717, 1.165) is 29.9 Å². The second-order valence-corrected chi connectivity index (χ2v) is 8.09. The topological polar surface area (TPSA) is 80.2 Å². The van der Waals surface area contributed by atoms with Gasteiger partial charge < -0.3 is 15.0 Å². The molecule has 3 heterocycles. The van der Waals surface area contributed by atoms with Gasteiger partial charge in [-0.3, -0.25) is 9.78 Å². The van der Waals surface area contributed by atoms with Gasteiger partial charge in [-0.25, -0.2) is 4.98 Å². The Kier molecular flexibility index (Phi) is 6.16. The van der Waals surface area contributed by atoms with Crippen molar-refractivity contribution in [3.63, 3.8) is 0 Å². The zero-order valence-electron chi connectivity index (χ0n) is 18.9. The lowest BCUT2D eigenvalue weighted by Crippen LogP contribution is -2.25. The number of carbonyl (C=O) groups is 1. The number of amides is 1. The van der Waals surface area contributed by atoms with Gasteiger partial charge in [0.2, 0.25) is 11.8 Å². The van der Waals surface area contributed by atoms with Gasteiger partial charge in [-0.2, -0.15) is 4.98 Å². The predicted octanol–water partition coefficient (Wildman–Crippen LogP) is 4.64. The van der Waals surface area contributed by atoms with Crippen LogP contribution < -0.4 is 15.0 Å². The third kappa shape index (κ3) is 4.59. The number of fused-ring (bicyclic) bond motifs is 1. The molecular formula is C27H25N5O2. The lowest BCUT2D eigenvalue weighted by atomic mass is 10.1. The minimum Gasteiger partial charge on any atom is -0.469 e. The molecule has 1 atom stereocenters. The van der Waals surface area contributed by atoms with Crippen LogP contribution >= 0.6 is 0 Å². The zero-order chi connectivity index (χ0) is 23.3. The standard InChI is InChI=1S/C27H25N5O2/c1-19(20-9-3-2-4-10-20)34-26-23(25(33)29-17-22-12-7-8-15-28-22)18-30-27(31-26)32-16-14-21-11-5-6-13-24(21)32/h2-13,15,18-19H,14,16-17H2,1H3,(H,29,33). The van der Waals surface area contributed by atoms with Crippen molar-refractivity contribution < 1.29 is 9.53 Å². The number of pyridine rings is 1. The van der Waals surface area contributed by atoms with Gasteiger partial charge in [0.15, 0.2) is 0 Å². The number of aromatic nitrogens is 3. The van der Waals surface area contributed by atoms with Crippen molar-refractivity contribution in [3.8, 4) is 5.88 Å². The molecule has 0 saturated carbocycles. The molecule has 0 fully saturated rings. The Morgan fingerprint density at radius 3 is 2.65 bits per heavy atom. The predicted molar refractivity (Wildman–Crippen MR) is 130 cm³/mol. The van der Waals surface area contributed by atoms with Gasteiger partial charge >= 0.3 is 0 Å². The number of para-hydroxylation sites is 1. The molecule has 4 aromatic rings. The Balaban J connectivity index is 1.44. The second kappa shape index (κ2) is 9.70. The smallest absolute Gasteiger partial charge is 0.258 e. The van der Waals surface area contributed by atoms with Crippen molar-refractivity contribution in [2.75, 3.05) is 11.4 Å². The summed E-state index contributed by atoms with van der Waals surface area (Å²) >= 11 is 0. The molecular weight excluding hydrogens is 426 g/mol. The molecule has 1 unspecified atom stereocenters. The van der Waals surface area contributed by atoms with Crippen LogP contribution in [0.25, 0.3) is 0 Å². The number of rotatable bonds is 7. The number of hydrogen-bond acceptors (Lipinski definition) is 6. The minimum absolute atomic E-state index is 0.254. The van der Waals surface area contributed by atoms with E-state index >= 15 is 0 Å². The fraction of sp³-hybridized carbons (Fsp3) is 0.185. The molecule has 0 radical (unpaired) electrons. The minimum atomic E-state index is -0.311. The van der Waals surface area contributed by atoms with E-state index in [1.165, 1.54) is 5.56 Å². The van der Waals surface area contributed by atoms with E-state index in [1.54, 1.807) is 12.4 Å². The molecule has 1 aliphatic rings. The van der Waals surface area contributed by atoms with Gasteiger partial charge in [0, 0.05) is 24.6 Å². The summed E-state index contributed by atoms with van der Waals surface area (Å²) in [5.41, 5.74) is 4.38. The fourth-order valence-corrected chi connectivity index (χ4v) is 4.01. The molecule has 0 spiro atoms. The van der Waals surface area contributed by atoms with Gasteiger partial charge in [0.1, 0.15) is 11.7 Å². The van der Waals surface area contributed by atoms with Crippen molar-refractivity contribution in [3.05, 3.63) is 108 Å². The molecule has 5 rings (SSSR count). The van der Waals surface area contributed by atoms with E-state index in [1.807, 2.05) is 67.6 Å². The Hall–Kier alpha value is -4.26. The summed E-state index contributed by atoms with van der Waals surface area (Å²) in [5.74, 6) is 0.458. The molecule has 170 valence electrons. The van der Waals surface area contributed by atoms with Gasteiger partial charge in [-0.05, 0) is 42.7 Å². The molecule has 1 N–H and O–H groups in total. The highest BCUT2D eigenvalue weighted by atomic mass is 16.5. The molecule has 7 heteroatoms. The SMILES string of the molecule is CC(Oc1nc(N2CCc3ccccc32)ncc1C(=O)NCc1ccccn1)c1ccccc1. The largest absolute Gasteiger partial charge is 0.469 e. The van der Waals surface area contributed by atoms with Gasteiger partial charge in [0.05, 0.1) is 12.2 Å². The van der Waals surface area contributed by atoms with Crippen molar-refractivity contribution in [1.82, 2.24) is 20.3 Å². The Morgan fingerprint density at radius 1 is 1.03 bits per heavy atom. The Bertz CT molecular complexity index is 1280. The zero-order valence-corrected chi connectivity index (χ0v) is 18.9. The monoisotopic (exact) mass is 451 g/mol. The van der Waals surface area contributed by atoms with Gasteiger partial charge in [-0.1, -0.05) is 54.6 Å². The molecule has 0 aliphatic carbocycles. The van der Waals surface area contributed by atoms with Gasteiger partial charge in [-0.15, -0.1) is 0 Å². The first-order valence-electron chi connectivity index (χ1n) is 11.3. The van der Waals surface area contributed by atoms with E-state index in [0.29, 0.717) is 12.5 Å². The quantitative estimate of drug-likeness (QED) is 0.441. The maximum Gasteiger partial charge on any atom is 0.258 e. The molecule has 2 aromatic carbocycles. The van der Waals surface area contributed by atoms with Crippen LogP contribution in [0.3, 0.4) is 0 Å². The molecule has 0 bridgehead atoms. The van der Waals surface area contributed by atoms with E-state index in [-0.39, 0.29) is 23.5 Å². The van der Waals surface area contributed by atoms with Crippen LogP contribution in [0.4, 0.5) is 11.6 Å². The summed E-state index contributed by atoms with van der Waals surface area (Å²) in [4.78, 5) is 28.6. The van der Waals surface area contributed by atoms with Crippen LogP contribution in [0.2, 0.25) is 0 Å². The highest BCUT2D eigenvalue weighted by Crippen LogP contribution is 2.34. The third-order valence-electron chi connectivity index (χ3n) is 5.83. The second-order valence-electron chi connectivity index (χ2n) is 8.09. The first-order chi connectivity index (χ1) is 16.7. The summed E-state index contributed by atoms with van der Waals surface area (Å²) in [6.45, 7) is 3.02. The maximum atomic E-state index is 13.1. The number of nitrogens with one attached hydrogen (secondary N) is 1. The Morgan fingerprint density at radius 2 is 1.82 bits per heavy atom. The van der Waals surface area contributed by atoms with E-state index in [2.05, 4.69) is 32.3 Å². The summed E-state index contributed by atoms with van der Waals surface area (Å²) in [6.07, 6.45) is 3.87. The Labute approximate surface area is 198 Å². The van der Waals surface area contributed by atoms with E-state index in [9.17, 15) is 4.79 Å². The number of carbonyl (C=O) groups excluding carboxylic acids is 1. The molecule has 7 nitrogen and oxygen atoms in total. The molecule has 1 aliphatic heterocycles. The number of anilines is 2. The van der Waals surface area contributed by atoms with E-state index in [4.69, 9.17) is 9.72 Å². The molecule has 2 aromatic heterocycles. The number of benzene rings is 2. The first kappa shape index (κ1) is 21.6.